The quantitative estimate of drug-likeness (QED) is 0.291. The molecular weight excluding hydrogens is 208 g/mol. The predicted molar refractivity (Wildman–Crippen MR) is 75.8 cm³/mol. The van der Waals surface area contributed by atoms with Gasteiger partial charge in [-0.05, 0) is 32.1 Å². The summed E-state index contributed by atoms with van der Waals surface area (Å²) in [5, 5.41) is 10.2. The van der Waals surface area contributed by atoms with Crippen LogP contribution in [0.5, 0.6) is 0 Å². The molecule has 0 fully saturated rings. The van der Waals surface area contributed by atoms with E-state index in [-0.39, 0.29) is 6.61 Å². The molecule has 0 aromatic rings. The maximum absolute atomic E-state index is 10.2. The fraction of sp³-hybridized carbons (Fsp3) is 0.875. The largest absolute Gasteiger partial charge is 0.237 e. The summed E-state index contributed by atoms with van der Waals surface area (Å²) in [6.07, 6.45) is 19.9. The van der Waals surface area contributed by atoms with Gasteiger partial charge in [0, 0.05) is 0 Å². The van der Waals surface area contributed by atoms with Crippen LogP contribution in [0.2, 0.25) is 0 Å². The van der Waals surface area contributed by atoms with Crippen LogP contribution in [0.15, 0.2) is 12.2 Å². The summed E-state index contributed by atoms with van der Waals surface area (Å²) in [6, 6.07) is 0. The lowest BCUT2D eigenvalue weighted by atomic mass is 10.1. The van der Waals surface area contributed by atoms with Gasteiger partial charge in [0.2, 0.25) is 0 Å². The Morgan fingerprint density at radius 2 is 1.12 bits per heavy atom. The summed E-state index contributed by atoms with van der Waals surface area (Å²) in [4.78, 5) is 0. The SMILES string of the molecule is CCCCCCC/C=C/CCCCCCC[O]. The molecule has 0 heterocycles. The Balaban J connectivity index is 2.99. The smallest absolute Gasteiger partial charge is 0.0822 e. The van der Waals surface area contributed by atoms with Crippen molar-refractivity contribution < 1.29 is 5.11 Å². The Kier molecular flexibility index (Phi) is 15.4. The van der Waals surface area contributed by atoms with Crippen LogP contribution in [0.3, 0.4) is 0 Å². The van der Waals surface area contributed by atoms with E-state index in [2.05, 4.69) is 19.1 Å². The van der Waals surface area contributed by atoms with Gasteiger partial charge < -0.3 is 0 Å². The molecule has 0 atom stereocenters. The van der Waals surface area contributed by atoms with Crippen LogP contribution in [-0.4, -0.2) is 6.61 Å². The molecule has 1 radical (unpaired) electrons. The third-order valence-electron chi connectivity index (χ3n) is 3.16. The zero-order valence-corrected chi connectivity index (χ0v) is 11.8. The van der Waals surface area contributed by atoms with Crippen LogP contribution in [0.1, 0.15) is 84.0 Å². The third-order valence-corrected chi connectivity index (χ3v) is 3.16. The first-order valence-corrected chi connectivity index (χ1v) is 7.65. The molecule has 0 unspecified atom stereocenters. The standard InChI is InChI=1S/C16H31O/c1-2-3-4-5-6-7-8-9-10-11-12-13-14-15-16-17/h8-9H,2-7,10-16H2,1H3/b9-8+. The van der Waals surface area contributed by atoms with Crippen molar-refractivity contribution in [3.05, 3.63) is 12.2 Å². The van der Waals surface area contributed by atoms with Crippen molar-refractivity contribution in [1.29, 1.82) is 0 Å². The average Bonchev–Trinajstić information content (AvgIpc) is 2.35. The lowest BCUT2D eigenvalue weighted by Gasteiger charge is -1.98. The Hall–Kier alpha value is -0.300. The van der Waals surface area contributed by atoms with Gasteiger partial charge in [-0.15, -0.1) is 0 Å². The van der Waals surface area contributed by atoms with Crippen molar-refractivity contribution in [2.75, 3.05) is 6.61 Å². The highest BCUT2D eigenvalue weighted by Crippen LogP contribution is 2.08. The fourth-order valence-corrected chi connectivity index (χ4v) is 2.00. The van der Waals surface area contributed by atoms with E-state index in [9.17, 15) is 5.11 Å². The lowest BCUT2D eigenvalue weighted by Crippen LogP contribution is -1.82. The molecule has 0 aromatic heterocycles. The maximum Gasteiger partial charge on any atom is 0.0822 e. The van der Waals surface area contributed by atoms with Gasteiger partial charge in [0.05, 0.1) is 6.61 Å². The molecule has 0 rings (SSSR count). The molecule has 0 saturated carbocycles. The van der Waals surface area contributed by atoms with Crippen molar-refractivity contribution in [2.24, 2.45) is 0 Å². The minimum atomic E-state index is 0.109. The highest BCUT2D eigenvalue weighted by Gasteiger charge is 1.89. The highest BCUT2D eigenvalue weighted by atomic mass is 16.2. The van der Waals surface area contributed by atoms with Gasteiger partial charge in [-0.3, -0.25) is 0 Å². The summed E-state index contributed by atoms with van der Waals surface area (Å²) in [7, 11) is 0. The van der Waals surface area contributed by atoms with Crippen LogP contribution >= 0.6 is 0 Å². The van der Waals surface area contributed by atoms with Gasteiger partial charge in [-0.25, -0.2) is 5.11 Å². The first kappa shape index (κ1) is 16.7. The Morgan fingerprint density at radius 3 is 1.65 bits per heavy atom. The molecule has 0 aliphatic heterocycles. The summed E-state index contributed by atoms with van der Waals surface area (Å²) in [5.74, 6) is 0. The van der Waals surface area contributed by atoms with Crippen LogP contribution in [0, 0.1) is 0 Å². The molecule has 0 aromatic carbocycles. The van der Waals surface area contributed by atoms with Gasteiger partial charge in [-0.1, -0.05) is 64.0 Å². The number of rotatable bonds is 13. The molecule has 101 valence electrons. The van der Waals surface area contributed by atoms with E-state index in [0.29, 0.717) is 0 Å². The van der Waals surface area contributed by atoms with Crippen molar-refractivity contribution >= 4 is 0 Å². The number of allylic oxidation sites excluding steroid dienone is 2. The first-order chi connectivity index (χ1) is 8.41. The van der Waals surface area contributed by atoms with E-state index in [1.54, 1.807) is 0 Å². The van der Waals surface area contributed by atoms with E-state index in [4.69, 9.17) is 0 Å². The molecule has 0 aliphatic carbocycles. The second-order valence-corrected chi connectivity index (χ2v) is 4.93. The zero-order chi connectivity index (χ0) is 12.6. The molecule has 0 N–H and O–H groups in total. The highest BCUT2D eigenvalue weighted by molar-refractivity contribution is 4.81. The van der Waals surface area contributed by atoms with Crippen LogP contribution in [0.25, 0.3) is 0 Å². The Morgan fingerprint density at radius 1 is 0.647 bits per heavy atom. The van der Waals surface area contributed by atoms with Crippen LogP contribution < -0.4 is 0 Å². The second kappa shape index (κ2) is 15.7. The zero-order valence-electron chi connectivity index (χ0n) is 11.8. The van der Waals surface area contributed by atoms with Crippen LogP contribution in [-0.2, 0) is 5.11 Å². The van der Waals surface area contributed by atoms with Gasteiger partial charge in [0.15, 0.2) is 0 Å². The van der Waals surface area contributed by atoms with E-state index in [0.717, 1.165) is 12.8 Å². The molecule has 0 bridgehead atoms. The first-order valence-electron chi connectivity index (χ1n) is 7.65. The van der Waals surface area contributed by atoms with Crippen molar-refractivity contribution in [2.45, 2.75) is 84.0 Å². The minimum Gasteiger partial charge on any atom is -0.237 e. The van der Waals surface area contributed by atoms with Gasteiger partial charge in [-0.2, -0.15) is 0 Å². The average molecular weight is 239 g/mol. The summed E-state index contributed by atoms with van der Waals surface area (Å²) < 4.78 is 0. The normalized spacial score (nSPS) is 11.4. The molecule has 0 aliphatic rings. The molecule has 0 saturated heterocycles. The maximum atomic E-state index is 10.2. The van der Waals surface area contributed by atoms with Gasteiger partial charge in [0.1, 0.15) is 0 Å². The monoisotopic (exact) mass is 239 g/mol. The number of hydrogen-bond donors (Lipinski definition) is 0. The lowest BCUT2D eigenvalue weighted by molar-refractivity contribution is 0.186. The molecule has 1 heteroatoms. The summed E-state index contributed by atoms with van der Waals surface area (Å²) >= 11 is 0. The summed E-state index contributed by atoms with van der Waals surface area (Å²) in [6.45, 7) is 2.37. The van der Waals surface area contributed by atoms with E-state index < -0.39 is 0 Å². The molecule has 0 spiro atoms. The number of unbranched alkanes of at least 4 members (excludes halogenated alkanes) is 10. The molecule has 1 nitrogen and oxygen atoms in total. The molecule has 17 heavy (non-hydrogen) atoms. The van der Waals surface area contributed by atoms with Gasteiger partial charge in [0.25, 0.3) is 0 Å². The van der Waals surface area contributed by atoms with Gasteiger partial charge >= 0.3 is 0 Å². The molecular formula is C16H31O. The van der Waals surface area contributed by atoms with E-state index >= 15 is 0 Å². The van der Waals surface area contributed by atoms with Crippen molar-refractivity contribution in [3.63, 3.8) is 0 Å². The van der Waals surface area contributed by atoms with Crippen molar-refractivity contribution in [3.8, 4) is 0 Å². The van der Waals surface area contributed by atoms with Crippen molar-refractivity contribution in [1.82, 2.24) is 0 Å². The fourth-order valence-electron chi connectivity index (χ4n) is 2.00. The minimum absolute atomic E-state index is 0.109. The van der Waals surface area contributed by atoms with E-state index in [1.165, 1.54) is 64.2 Å². The third kappa shape index (κ3) is 15.7. The Labute approximate surface area is 108 Å². The predicted octanol–water partition coefficient (Wildman–Crippen LogP) is 5.67. The Bertz CT molecular complexity index is 152. The number of hydrogen-bond acceptors (Lipinski definition) is 0. The molecule has 0 amide bonds. The second-order valence-electron chi connectivity index (χ2n) is 4.93. The van der Waals surface area contributed by atoms with Crippen LogP contribution in [0.4, 0.5) is 0 Å². The summed E-state index contributed by atoms with van der Waals surface area (Å²) in [5.41, 5.74) is 0. The van der Waals surface area contributed by atoms with E-state index in [1.807, 2.05) is 0 Å². The topological polar surface area (TPSA) is 19.9 Å².